The number of esters is 1. The van der Waals surface area contributed by atoms with Gasteiger partial charge in [0.05, 0.1) is 0 Å². The first-order valence-corrected chi connectivity index (χ1v) is 4.93. The quantitative estimate of drug-likeness (QED) is 0.600. The van der Waals surface area contributed by atoms with Gasteiger partial charge in [-0.25, -0.2) is 0 Å². The molecule has 0 atom stereocenters. The number of ether oxygens (including phenoxy) is 1. The van der Waals surface area contributed by atoms with Crippen molar-refractivity contribution in [3.05, 3.63) is 23.3 Å². The summed E-state index contributed by atoms with van der Waals surface area (Å²) < 4.78 is 5.04. The Bertz CT molecular complexity index is 381. The highest BCUT2D eigenvalue weighted by Gasteiger charge is 2.11. The maximum Gasteiger partial charge on any atom is 0.308 e. The van der Waals surface area contributed by atoms with E-state index in [-0.39, 0.29) is 17.6 Å². The van der Waals surface area contributed by atoms with Gasteiger partial charge in [-0.2, -0.15) is 0 Å². The SMILES string of the molecule is CC(=O)Oc1cc(C(C)C)c(O)cc1C. The minimum Gasteiger partial charge on any atom is -0.508 e. The van der Waals surface area contributed by atoms with Crippen LogP contribution in [0.1, 0.15) is 37.8 Å². The third-order valence-corrected chi connectivity index (χ3v) is 2.20. The number of benzene rings is 1. The second-order valence-corrected chi connectivity index (χ2v) is 3.92. The average molecular weight is 208 g/mol. The predicted molar refractivity (Wildman–Crippen MR) is 58.2 cm³/mol. The number of phenols is 1. The van der Waals surface area contributed by atoms with Crippen molar-refractivity contribution in [1.29, 1.82) is 0 Å². The van der Waals surface area contributed by atoms with Crippen LogP contribution >= 0.6 is 0 Å². The molecule has 0 saturated heterocycles. The Hall–Kier alpha value is -1.51. The Morgan fingerprint density at radius 1 is 1.40 bits per heavy atom. The van der Waals surface area contributed by atoms with Crippen LogP contribution in [-0.4, -0.2) is 11.1 Å². The van der Waals surface area contributed by atoms with Crippen LogP contribution in [0, 0.1) is 6.92 Å². The fourth-order valence-corrected chi connectivity index (χ4v) is 1.42. The molecule has 0 aliphatic carbocycles. The maximum atomic E-state index is 10.8. The summed E-state index contributed by atoms with van der Waals surface area (Å²) in [7, 11) is 0. The second kappa shape index (κ2) is 4.34. The molecule has 3 heteroatoms. The van der Waals surface area contributed by atoms with Crippen LogP contribution in [0.5, 0.6) is 11.5 Å². The first kappa shape index (κ1) is 11.6. The van der Waals surface area contributed by atoms with E-state index in [1.54, 1.807) is 19.1 Å². The summed E-state index contributed by atoms with van der Waals surface area (Å²) in [6, 6.07) is 3.34. The van der Waals surface area contributed by atoms with Crippen molar-refractivity contribution in [2.24, 2.45) is 0 Å². The summed E-state index contributed by atoms with van der Waals surface area (Å²) in [6.45, 7) is 7.10. The molecule has 0 saturated carbocycles. The van der Waals surface area contributed by atoms with E-state index < -0.39 is 0 Å². The van der Waals surface area contributed by atoms with E-state index in [2.05, 4.69) is 0 Å². The highest BCUT2D eigenvalue weighted by Crippen LogP contribution is 2.32. The Balaban J connectivity index is 3.17. The molecule has 0 unspecified atom stereocenters. The Morgan fingerprint density at radius 2 is 2.00 bits per heavy atom. The molecule has 0 heterocycles. The van der Waals surface area contributed by atoms with Gasteiger partial charge in [0.2, 0.25) is 0 Å². The lowest BCUT2D eigenvalue weighted by Gasteiger charge is -2.12. The molecule has 0 fully saturated rings. The highest BCUT2D eigenvalue weighted by atomic mass is 16.5. The first-order chi connectivity index (χ1) is 6.91. The van der Waals surface area contributed by atoms with Crippen LogP contribution < -0.4 is 4.74 Å². The molecule has 82 valence electrons. The first-order valence-electron chi connectivity index (χ1n) is 4.93. The second-order valence-electron chi connectivity index (χ2n) is 3.92. The molecule has 0 aliphatic heterocycles. The van der Waals surface area contributed by atoms with Crippen LogP contribution in [-0.2, 0) is 4.79 Å². The van der Waals surface area contributed by atoms with Gasteiger partial charge in [0.1, 0.15) is 11.5 Å². The van der Waals surface area contributed by atoms with Crippen LogP contribution in [0.4, 0.5) is 0 Å². The zero-order valence-corrected chi connectivity index (χ0v) is 9.50. The van der Waals surface area contributed by atoms with Gasteiger partial charge in [-0.1, -0.05) is 13.8 Å². The van der Waals surface area contributed by atoms with E-state index in [9.17, 15) is 9.90 Å². The van der Waals surface area contributed by atoms with Gasteiger partial charge < -0.3 is 9.84 Å². The van der Waals surface area contributed by atoms with E-state index in [1.807, 2.05) is 13.8 Å². The Labute approximate surface area is 89.7 Å². The fraction of sp³-hybridized carbons (Fsp3) is 0.417. The zero-order chi connectivity index (χ0) is 11.6. The normalized spacial score (nSPS) is 10.5. The van der Waals surface area contributed by atoms with Crippen LogP contribution in [0.3, 0.4) is 0 Å². The van der Waals surface area contributed by atoms with Gasteiger partial charge in [0.25, 0.3) is 0 Å². The smallest absolute Gasteiger partial charge is 0.308 e. The van der Waals surface area contributed by atoms with Gasteiger partial charge in [0, 0.05) is 12.5 Å². The summed E-state index contributed by atoms with van der Waals surface area (Å²) in [5.74, 6) is 0.612. The van der Waals surface area contributed by atoms with E-state index in [4.69, 9.17) is 4.74 Å². The van der Waals surface area contributed by atoms with Gasteiger partial charge in [-0.05, 0) is 30.5 Å². The molecule has 0 aromatic heterocycles. The molecule has 15 heavy (non-hydrogen) atoms. The van der Waals surface area contributed by atoms with Gasteiger partial charge in [-0.3, -0.25) is 4.79 Å². The number of aromatic hydroxyl groups is 1. The predicted octanol–water partition coefficient (Wildman–Crippen LogP) is 2.75. The van der Waals surface area contributed by atoms with Crippen molar-refractivity contribution in [3.63, 3.8) is 0 Å². The van der Waals surface area contributed by atoms with Gasteiger partial charge in [0.15, 0.2) is 0 Å². The van der Waals surface area contributed by atoms with Crippen molar-refractivity contribution >= 4 is 5.97 Å². The number of rotatable bonds is 2. The van der Waals surface area contributed by atoms with Crippen molar-refractivity contribution in [3.8, 4) is 11.5 Å². The largest absolute Gasteiger partial charge is 0.508 e. The fourth-order valence-electron chi connectivity index (χ4n) is 1.42. The van der Waals surface area contributed by atoms with Crippen molar-refractivity contribution in [2.45, 2.75) is 33.6 Å². The zero-order valence-electron chi connectivity index (χ0n) is 9.50. The number of carbonyl (C=O) groups is 1. The van der Waals surface area contributed by atoms with Crippen molar-refractivity contribution in [1.82, 2.24) is 0 Å². The van der Waals surface area contributed by atoms with Crippen molar-refractivity contribution in [2.75, 3.05) is 0 Å². The summed E-state index contributed by atoms with van der Waals surface area (Å²) in [5, 5.41) is 9.68. The number of hydrogen-bond acceptors (Lipinski definition) is 3. The minimum atomic E-state index is -0.349. The lowest BCUT2D eigenvalue weighted by Crippen LogP contribution is -2.03. The third-order valence-electron chi connectivity index (χ3n) is 2.20. The van der Waals surface area contributed by atoms with E-state index in [0.29, 0.717) is 5.75 Å². The number of carbonyl (C=O) groups excluding carboxylic acids is 1. The summed E-state index contributed by atoms with van der Waals surface area (Å²) in [4.78, 5) is 10.8. The third kappa shape index (κ3) is 2.72. The highest BCUT2D eigenvalue weighted by molar-refractivity contribution is 5.70. The van der Waals surface area contributed by atoms with Crippen LogP contribution in [0.25, 0.3) is 0 Å². The molecular formula is C12H16O3. The number of aryl methyl sites for hydroxylation is 1. The molecule has 0 bridgehead atoms. The molecule has 1 N–H and O–H groups in total. The van der Waals surface area contributed by atoms with Crippen molar-refractivity contribution < 1.29 is 14.6 Å². The molecular weight excluding hydrogens is 192 g/mol. The lowest BCUT2D eigenvalue weighted by atomic mass is 10.00. The Kier molecular flexibility index (Phi) is 3.35. The van der Waals surface area contributed by atoms with Gasteiger partial charge in [-0.15, -0.1) is 0 Å². The molecule has 3 nitrogen and oxygen atoms in total. The average Bonchev–Trinajstić information content (AvgIpc) is 2.08. The van der Waals surface area contributed by atoms with E-state index in [1.165, 1.54) is 6.92 Å². The summed E-state index contributed by atoms with van der Waals surface area (Å²) in [6.07, 6.45) is 0. The van der Waals surface area contributed by atoms with Gasteiger partial charge >= 0.3 is 5.97 Å². The minimum absolute atomic E-state index is 0.194. The molecule has 1 aromatic carbocycles. The van der Waals surface area contributed by atoms with Crippen LogP contribution in [0.15, 0.2) is 12.1 Å². The van der Waals surface area contributed by atoms with E-state index in [0.717, 1.165) is 11.1 Å². The number of phenolic OH excluding ortho intramolecular Hbond substituents is 1. The maximum absolute atomic E-state index is 10.8. The monoisotopic (exact) mass is 208 g/mol. The molecule has 1 rings (SSSR count). The summed E-state index contributed by atoms with van der Waals surface area (Å²) >= 11 is 0. The molecule has 0 radical (unpaired) electrons. The molecule has 0 amide bonds. The molecule has 0 spiro atoms. The molecule has 1 aromatic rings. The van der Waals surface area contributed by atoms with Crippen LogP contribution in [0.2, 0.25) is 0 Å². The topological polar surface area (TPSA) is 46.5 Å². The summed E-state index contributed by atoms with van der Waals surface area (Å²) in [5.41, 5.74) is 1.55. The lowest BCUT2D eigenvalue weighted by molar-refractivity contribution is -0.131. The molecule has 0 aliphatic rings. The number of hydrogen-bond donors (Lipinski definition) is 1. The standard InChI is InChI=1S/C12H16O3/c1-7(2)10-6-12(15-9(4)13)8(3)5-11(10)14/h5-7,14H,1-4H3. The Morgan fingerprint density at radius 3 is 2.47 bits per heavy atom. The van der Waals surface area contributed by atoms with E-state index >= 15 is 0 Å².